The largest absolute Gasteiger partial charge is 0.479 e. The number of amides is 1. The van der Waals surface area contributed by atoms with Gasteiger partial charge in [-0.05, 0) is 31.4 Å². The van der Waals surface area contributed by atoms with Crippen LogP contribution in [-0.2, 0) is 17.6 Å². The molecule has 1 aromatic carbocycles. The van der Waals surface area contributed by atoms with Crippen molar-refractivity contribution in [1.29, 1.82) is 0 Å². The van der Waals surface area contributed by atoms with Crippen LogP contribution in [0.5, 0.6) is 5.75 Å². The normalized spacial score (nSPS) is 16.2. The first-order valence-electron chi connectivity index (χ1n) is 10.7. The number of aryl methyl sites for hydroxylation is 1. The number of carbonyl (C=O) groups excluding carboxylic acids is 1. The summed E-state index contributed by atoms with van der Waals surface area (Å²) in [6.45, 7) is 0.449. The maximum Gasteiger partial charge on any atom is 0.257 e. The van der Waals surface area contributed by atoms with E-state index in [1.54, 1.807) is 22.5 Å². The summed E-state index contributed by atoms with van der Waals surface area (Å²) in [6.07, 6.45) is 4.63. The van der Waals surface area contributed by atoms with Crippen molar-refractivity contribution < 1.29 is 9.53 Å². The zero-order chi connectivity index (χ0) is 21.9. The molecule has 1 atom stereocenters. The van der Waals surface area contributed by atoms with Crippen LogP contribution in [0.1, 0.15) is 30.1 Å². The Morgan fingerprint density at radius 1 is 1.25 bits per heavy atom. The first kappa shape index (κ1) is 20.6. The summed E-state index contributed by atoms with van der Waals surface area (Å²) in [6, 6.07) is 9.47. The van der Waals surface area contributed by atoms with E-state index in [9.17, 15) is 9.59 Å². The predicted octanol–water partition coefficient (Wildman–Crippen LogP) is 2.52. The summed E-state index contributed by atoms with van der Waals surface area (Å²) in [7, 11) is 0. The molecule has 32 heavy (non-hydrogen) atoms. The first-order chi connectivity index (χ1) is 15.7. The summed E-state index contributed by atoms with van der Waals surface area (Å²) >= 11 is 1.55. The van der Waals surface area contributed by atoms with Crippen molar-refractivity contribution in [2.45, 2.75) is 36.9 Å². The number of para-hydroxylation sites is 1. The minimum Gasteiger partial charge on any atom is -0.479 e. The molecule has 7 nitrogen and oxygen atoms in total. The first-order valence-corrected chi connectivity index (χ1v) is 11.7. The Kier molecular flexibility index (Phi) is 5.82. The Morgan fingerprint density at radius 3 is 3.09 bits per heavy atom. The van der Waals surface area contributed by atoms with Crippen LogP contribution in [0.3, 0.4) is 0 Å². The summed E-state index contributed by atoms with van der Waals surface area (Å²) in [5.74, 6) is 7.08. The number of ether oxygens (including phenoxy) is 1. The number of carbonyl (C=O) groups is 1. The number of benzene rings is 1. The molecule has 0 fully saturated rings. The number of nitrogens with zero attached hydrogens (tertiary/aromatic N) is 3. The summed E-state index contributed by atoms with van der Waals surface area (Å²) in [5, 5.41) is 4.57. The lowest BCUT2D eigenvalue weighted by Gasteiger charge is -2.13. The molecule has 3 heterocycles. The van der Waals surface area contributed by atoms with Crippen LogP contribution in [0.4, 0.5) is 0 Å². The zero-order valence-corrected chi connectivity index (χ0v) is 18.3. The number of fused-ring (bicyclic) bond motifs is 3. The number of hydrogen-bond donors (Lipinski definition) is 1. The van der Waals surface area contributed by atoms with Crippen molar-refractivity contribution >= 4 is 28.6 Å². The number of thioether (sulfide) groups is 1. The Bertz CT molecular complexity index is 1300. The van der Waals surface area contributed by atoms with Crippen molar-refractivity contribution in [3.63, 3.8) is 0 Å². The average Bonchev–Trinajstić information content (AvgIpc) is 3.44. The Balaban J connectivity index is 1.13. The molecule has 1 unspecified atom stereocenters. The van der Waals surface area contributed by atoms with Gasteiger partial charge in [0.25, 0.3) is 5.56 Å². The van der Waals surface area contributed by atoms with E-state index >= 15 is 0 Å². The lowest BCUT2D eigenvalue weighted by molar-refractivity contribution is -0.121. The molecule has 162 valence electrons. The maximum atomic E-state index is 12.8. The molecule has 0 saturated heterocycles. The highest BCUT2D eigenvalue weighted by Gasteiger charge is 2.30. The van der Waals surface area contributed by atoms with Gasteiger partial charge in [0.05, 0.1) is 18.3 Å². The van der Waals surface area contributed by atoms with Gasteiger partial charge in [0, 0.05) is 29.3 Å². The maximum absolute atomic E-state index is 12.8. The lowest BCUT2D eigenvalue weighted by atomic mass is 10.2. The van der Waals surface area contributed by atoms with E-state index in [0.29, 0.717) is 11.5 Å². The molecule has 1 amide bonds. The SMILES string of the molecule is O=C(CC1CSc2nc3c(c(=O)n21)CCC3)NCC#CCOc1cccc2cccnc12. The van der Waals surface area contributed by atoms with E-state index in [2.05, 4.69) is 27.1 Å². The molecule has 1 N–H and O–H groups in total. The van der Waals surface area contributed by atoms with Crippen LogP contribution >= 0.6 is 11.8 Å². The molecule has 0 bridgehead atoms. The monoisotopic (exact) mass is 446 g/mol. The molecule has 1 aliphatic heterocycles. The van der Waals surface area contributed by atoms with Gasteiger partial charge in [0.2, 0.25) is 5.91 Å². The van der Waals surface area contributed by atoms with Crippen LogP contribution in [0.25, 0.3) is 10.9 Å². The molecular weight excluding hydrogens is 424 g/mol. The van der Waals surface area contributed by atoms with Crippen molar-refractivity contribution in [3.05, 3.63) is 58.1 Å². The second kappa shape index (κ2) is 9.05. The summed E-state index contributed by atoms with van der Waals surface area (Å²) in [5.41, 5.74) is 2.60. The summed E-state index contributed by atoms with van der Waals surface area (Å²) in [4.78, 5) is 34.2. The highest BCUT2D eigenvalue weighted by atomic mass is 32.2. The fourth-order valence-corrected chi connectivity index (χ4v) is 5.31. The molecule has 0 spiro atoms. The van der Waals surface area contributed by atoms with Gasteiger partial charge in [-0.1, -0.05) is 41.8 Å². The molecular formula is C24H22N4O3S. The second-order valence-electron chi connectivity index (χ2n) is 7.77. The van der Waals surface area contributed by atoms with E-state index in [0.717, 1.165) is 46.6 Å². The third-order valence-corrected chi connectivity index (χ3v) is 6.79. The van der Waals surface area contributed by atoms with Gasteiger partial charge in [0.15, 0.2) is 5.16 Å². The standard InChI is InChI=1S/C24H22N4O3S/c29-21(14-17-15-32-24-27-19-9-4-8-18(19)23(30)28(17)24)25-11-1-2-13-31-20-10-3-6-16-7-5-12-26-22(16)20/h3,5-7,10,12,17H,4,8-9,11,13-15H2,(H,25,29). The van der Waals surface area contributed by atoms with E-state index in [4.69, 9.17) is 4.74 Å². The fraction of sp³-hybridized carbons (Fsp3) is 0.333. The van der Waals surface area contributed by atoms with E-state index in [1.807, 2.05) is 30.3 Å². The quantitative estimate of drug-likeness (QED) is 0.479. The van der Waals surface area contributed by atoms with E-state index in [-0.39, 0.29) is 37.1 Å². The number of nitrogens with one attached hydrogen (secondary N) is 1. The van der Waals surface area contributed by atoms with Gasteiger partial charge < -0.3 is 10.1 Å². The molecule has 1 aliphatic carbocycles. The van der Waals surface area contributed by atoms with E-state index in [1.165, 1.54) is 0 Å². The van der Waals surface area contributed by atoms with Gasteiger partial charge >= 0.3 is 0 Å². The van der Waals surface area contributed by atoms with Crippen LogP contribution in [0.15, 0.2) is 46.5 Å². The highest BCUT2D eigenvalue weighted by Crippen LogP contribution is 2.33. The molecule has 8 heteroatoms. The van der Waals surface area contributed by atoms with Crippen LogP contribution in [0.2, 0.25) is 0 Å². The van der Waals surface area contributed by atoms with Crippen LogP contribution in [0, 0.1) is 11.8 Å². The highest BCUT2D eigenvalue weighted by molar-refractivity contribution is 7.99. The number of aromatic nitrogens is 3. The molecule has 3 aromatic rings. The third-order valence-electron chi connectivity index (χ3n) is 5.69. The van der Waals surface area contributed by atoms with Crippen molar-refractivity contribution in [3.8, 4) is 17.6 Å². The van der Waals surface area contributed by atoms with Crippen LogP contribution < -0.4 is 15.6 Å². The number of rotatable bonds is 5. The van der Waals surface area contributed by atoms with E-state index < -0.39 is 0 Å². The molecule has 0 radical (unpaired) electrons. The smallest absolute Gasteiger partial charge is 0.257 e. The Hall–Kier alpha value is -3.31. The molecule has 2 aromatic heterocycles. The lowest BCUT2D eigenvalue weighted by Crippen LogP contribution is -2.32. The number of pyridine rings is 1. The van der Waals surface area contributed by atoms with Gasteiger partial charge in [0.1, 0.15) is 17.9 Å². The predicted molar refractivity (Wildman–Crippen MR) is 123 cm³/mol. The zero-order valence-electron chi connectivity index (χ0n) is 17.5. The minimum absolute atomic E-state index is 0.0326. The second-order valence-corrected chi connectivity index (χ2v) is 8.75. The molecule has 5 rings (SSSR count). The fourth-order valence-electron chi connectivity index (χ4n) is 4.15. The third kappa shape index (κ3) is 4.08. The minimum atomic E-state index is -0.156. The average molecular weight is 447 g/mol. The number of hydrogen-bond acceptors (Lipinski definition) is 6. The molecule has 2 aliphatic rings. The van der Waals surface area contributed by atoms with Gasteiger partial charge in [-0.25, -0.2) is 4.98 Å². The van der Waals surface area contributed by atoms with Gasteiger partial charge in [-0.2, -0.15) is 0 Å². The van der Waals surface area contributed by atoms with Gasteiger partial charge in [-0.15, -0.1) is 0 Å². The van der Waals surface area contributed by atoms with Crippen LogP contribution in [-0.4, -0.2) is 39.3 Å². The van der Waals surface area contributed by atoms with Crippen molar-refractivity contribution in [2.75, 3.05) is 18.9 Å². The summed E-state index contributed by atoms with van der Waals surface area (Å²) < 4.78 is 7.44. The van der Waals surface area contributed by atoms with Gasteiger partial charge in [-0.3, -0.25) is 19.1 Å². The topological polar surface area (TPSA) is 86.1 Å². The Morgan fingerprint density at radius 2 is 2.16 bits per heavy atom. The van der Waals surface area contributed by atoms with Crippen molar-refractivity contribution in [2.24, 2.45) is 0 Å². The Labute approximate surface area is 189 Å². The van der Waals surface area contributed by atoms with Crippen molar-refractivity contribution in [1.82, 2.24) is 19.9 Å². The molecule has 0 saturated carbocycles.